The molecule has 2 aromatic rings. The number of imidazole rings is 1. The monoisotopic (exact) mass is 294 g/mol. The van der Waals surface area contributed by atoms with Crippen LogP contribution in [0.4, 0.5) is 0 Å². The quantitative estimate of drug-likeness (QED) is 0.881. The van der Waals surface area contributed by atoms with E-state index in [1.165, 1.54) is 12.8 Å². The molecule has 1 fully saturated rings. The lowest BCUT2D eigenvalue weighted by molar-refractivity contribution is 0.583. The van der Waals surface area contributed by atoms with Gasteiger partial charge in [-0.05, 0) is 18.9 Å². The number of nitrogens with zero attached hydrogens (tertiary/aromatic N) is 3. The van der Waals surface area contributed by atoms with Crippen LogP contribution in [-0.4, -0.2) is 19.5 Å². The van der Waals surface area contributed by atoms with Crippen molar-refractivity contribution in [3.63, 3.8) is 0 Å². The molecule has 2 N–H and O–H groups in total. The minimum absolute atomic E-state index is 0.127. The Balaban J connectivity index is 2.08. The Morgan fingerprint density at radius 1 is 1.63 bits per heavy atom. The number of hydrogen-bond acceptors (Lipinski definition) is 3. The molecule has 1 aliphatic rings. The summed E-state index contributed by atoms with van der Waals surface area (Å²) in [6, 6.07) is 1.86. The molecule has 1 saturated carbocycles. The summed E-state index contributed by atoms with van der Waals surface area (Å²) in [5, 5.41) is 0.613. The van der Waals surface area contributed by atoms with E-state index in [2.05, 4.69) is 14.5 Å². The first-order valence-electron chi connectivity index (χ1n) is 6.37. The van der Waals surface area contributed by atoms with Gasteiger partial charge in [0.05, 0.1) is 10.0 Å². The summed E-state index contributed by atoms with van der Waals surface area (Å²) in [6.07, 6.45) is 4.04. The minimum Gasteiger partial charge on any atom is -0.393 e. The number of hydrogen-bond donors (Lipinski definition) is 1. The fourth-order valence-electron chi connectivity index (χ4n) is 2.20. The second kappa shape index (κ2) is 4.72. The highest BCUT2D eigenvalue weighted by Gasteiger charge is 2.30. The molecule has 0 amide bonds. The van der Waals surface area contributed by atoms with Gasteiger partial charge in [0, 0.05) is 24.6 Å². The predicted octanol–water partition coefficient (Wildman–Crippen LogP) is 2.88. The van der Waals surface area contributed by atoms with Gasteiger partial charge in [0.2, 0.25) is 0 Å². The Kier molecular flexibility index (Phi) is 3.19. The first kappa shape index (κ1) is 12.8. The zero-order chi connectivity index (χ0) is 13.6. The molecule has 19 heavy (non-hydrogen) atoms. The smallest absolute Gasteiger partial charge is 0.160 e. The molecular weight excluding hydrogens is 280 g/mol. The molecule has 0 saturated heterocycles. The number of nitrogens with two attached hydrogens (primary N) is 1. The van der Waals surface area contributed by atoms with Crippen molar-refractivity contribution < 1.29 is 0 Å². The van der Waals surface area contributed by atoms with Gasteiger partial charge in [-0.3, -0.25) is 0 Å². The maximum Gasteiger partial charge on any atom is 0.160 e. The SMILES string of the molecule is CC(Cn1c(C2CC2)nc2cc(Cl)cnc21)C(N)=S. The molecule has 1 atom stereocenters. The van der Waals surface area contributed by atoms with Crippen LogP contribution >= 0.6 is 23.8 Å². The van der Waals surface area contributed by atoms with E-state index in [-0.39, 0.29) is 5.92 Å². The Morgan fingerprint density at radius 2 is 2.37 bits per heavy atom. The Morgan fingerprint density at radius 3 is 3.00 bits per heavy atom. The van der Waals surface area contributed by atoms with Crippen LogP contribution in [-0.2, 0) is 6.54 Å². The largest absolute Gasteiger partial charge is 0.393 e. The van der Waals surface area contributed by atoms with Gasteiger partial charge in [0.25, 0.3) is 0 Å². The summed E-state index contributed by atoms with van der Waals surface area (Å²) < 4.78 is 2.15. The van der Waals surface area contributed by atoms with Gasteiger partial charge in [-0.15, -0.1) is 0 Å². The van der Waals surface area contributed by atoms with Crippen LogP contribution in [0.25, 0.3) is 11.2 Å². The van der Waals surface area contributed by atoms with E-state index < -0.39 is 0 Å². The molecular formula is C13H15ClN4S. The topological polar surface area (TPSA) is 56.7 Å². The van der Waals surface area contributed by atoms with Crippen molar-refractivity contribution in [2.24, 2.45) is 11.7 Å². The third-order valence-corrected chi connectivity index (χ3v) is 4.07. The lowest BCUT2D eigenvalue weighted by Gasteiger charge is -2.13. The summed E-state index contributed by atoms with van der Waals surface area (Å²) in [6.45, 7) is 2.76. The normalized spacial score (nSPS) is 16.7. The number of rotatable bonds is 4. The van der Waals surface area contributed by atoms with Crippen LogP contribution < -0.4 is 5.73 Å². The Labute approximate surface area is 122 Å². The van der Waals surface area contributed by atoms with Crippen molar-refractivity contribution in [2.75, 3.05) is 0 Å². The van der Waals surface area contributed by atoms with Crippen molar-refractivity contribution >= 4 is 40.0 Å². The van der Waals surface area contributed by atoms with Crippen LogP contribution in [0.5, 0.6) is 0 Å². The number of pyridine rings is 1. The molecule has 4 nitrogen and oxygen atoms in total. The van der Waals surface area contributed by atoms with Crippen LogP contribution in [0.15, 0.2) is 12.3 Å². The summed E-state index contributed by atoms with van der Waals surface area (Å²) in [7, 11) is 0. The highest BCUT2D eigenvalue weighted by Crippen LogP contribution is 2.40. The molecule has 2 heterocycles. The van der Waals surface area contributed by atoms with E-state index in [1.807, 2.05) is 13.0 Å². The second-order valence-electron chi connectivity index (χ2n) is 5.15. The second-order valence-corrected chi connectivity index (χ2v) is 6.06. The van der Waals surface area contributed by atoms with Gasteiger partial charge in [0.1, 0.15) is 11.3 Å². The van der Waals surface area contributed by atoms with Crippen molar-refractivity contribution in [2.45, 2.75) is 32.2 Å². The van der Waals surface area contributed by atoms with Gasteiger partial charge in [-0.2, -0.15) is 0 Å². The summed E-state index contributed by atoms with van der Waals surface area (Å²) in [5.74, 6) is 1.77. The van der Waals surface area contributed by atoms with Gasteiger partial charge < -0.3 is 10.3 Å². The molecule has 100 valence electrons. The van der Waals surface area contributed by atoms with Gasteiger partial charge in [-0.25, -0.2) is 9.97 Å². The average molecular weight is 295 g/mol. The Bertz CT molecular complexity index is 647. The van der Waals surface area contributed by atoms with Gasteiger partial charge in [0.15, 0.2) is 5.65 Å². The average Bonchev–Trinajstić information content (AvgIpc) is 3.13. The molecule has 1 unspecified atom stereocenters. The van der Waals surface area contributed by atoms with Gasteiger partial charge in [-0.1, -0.05) is 30.7 Å². The van der Waals surface area contributed by atoms with Crippen molar-refractivity contribution in [1.29, 1.82) is 0 Å². The van der Waals surface area contributed by atoms with E-state index in [0.717, 1.165) is 23.5 Å². The number of aromatic nitrogens is 3. The molecule has 0 bridgehead atoms. The first-order valence-corrected chi connectivity index (χ1v) is 7.16. The van der Waals surface area contributed by atoms with E-state index in [1.54, 1.807) is 6.20 Å². The van der Waals surface area contributed by atoms with Crippen LogP contribution in [0.2, 0.25) is 5.02 Å². The summed E-state index contributed by atoms with van der Waals surface area (Å²) in [4.78, 5) is 9.61. The standard InChI is InChI=1S/C13H15ClN4S/c1-7(11(15)19)6-18-12(8-2-3-8)17-10-4-9(14)5-16-13(10)18/h4-5,7-8H,2-3,6H2,1H3,(H2,15,19). The van der Waals surface area contributed by atoms with E-state index in [4.69, 9.17) is 29.6 Å². The van der Waals surface area contributed by atoms with E-state index in [0.29, 0.717) is 15.9 Å². The minimum atomic E-state index is 0.127. The molecule has 1 aliphatic carbocycles. The summed E-state index contributed by atoms with van der Waals surface area (Å²) in [5.41, 5.74) is 7.44. The summed E-state index contributed by atoms with van der Waals surface area (Å²) >= 11 is 11.0. The van der Waals surface area contributed by atoms with E-state index >= 15 is 0 Å². The maximum atomic E-state index is 5.98. The highest BCUT2D eigenvalue weighted by molar-refractivity contribution is 7.80. The van der Waals surface area contributed by atoms with Crippen LogP contribution in [0, 0.1) is 5.92 Å². The molecule has 0 aliphatic heterocycles. The van der Waals surface area contributed by atoms with Crippen molar-refractivity contribution in [3.8, 4) is 0 Å². The van der Waals surface area contributed by atoms with E-state index in [9.17, 15) is 0 Å². The third-order valence-electron chi connectivity index (χ3n) is 3.47. The fourth-order valence-corrected chi connectivity index (χ4v) is 2.43. The molecule has 0 aromatic carbocycles. The molecule has 0 radical (unpaired) electrons. The zero-order valence-corrected chi connectivity index (χ0v) is 12.2. The highest BCUT2D eigenvalue weighted by atomic mass is 35.5. The zero-order valence-electron chi connectivity index (χ0n) is 10.6. The molecule has 6 heteroatoms. The van der Waals surface area contributed by atoms with Crippen molar-refractivity contribution in [1.82, 2.24) is 14.5 Å². The fraction of sp³-hybridized carbons (Fsp3) is 0.462. The molecule has 2 aromatic heterocycles. The van der Waals surface area contributed by atoms with Gasteiger partial charge >= 0.3 is 0 Å². The lowest BCUT2D eigenvalue weighted by Crippen LogP contribution is -2.23. The number of fused-ring (bicyclic) bond motifs is 1. The lowest BCUT2D eigenvalue weighted by atomic mass is 10.2. The third kappa shape index (κ3) is 2.44. The van der Waals surface area contributed by atoms with Crippen molar-refractivity contribution in [3.05, 3.63) is 23.1 Å². The number of thiocarbonyl (C=S) groups is 1. The molecule has 0 spiro atoms. The van der Waals surface area contributed by atoms with Crippen LogP contribution in [0.1, 0.15) is 31.5 Å². The molecule has 3 rings (SSSR count). The Hall–Kier alpha value is -1.20. The van der Waals surface area contributed by atoms with Crippen LogP contribution in [0.3, 0.4) is 0 Å². The number of halogens is 1. The first-order chi connectivity index (χ1) is 9.06. The predicted molar refractivity (Wildman–Crippen MR) is 80.5 cm³/mol. The maximum absolute atomic E-state index is 5.98.